The van der Waals surface area contributed by atoms with Gasteiger partial charge in [-0.3, -0.25) is 62.5 Å². The van der Waals surface area contributed by atoms with Crippen LogP contribution in [0.5, 0.6) is 0 Å². The smallest absolute Gasteiger partial charge is 0.305 e. The van der Waals surface area contributed by atoms with E-state index >= 15 is 0 Å². The number of aliphatic hydroxyl groups excluding tert-OH is 2. The zero-order valence-electron chi connectivity index (χ0n) is 45.0. The lowest BCUT2D eigenvalue weighted by Gasteiger charge is -2.52. The lowest BCUT2D eigenvalue weighted by atomic mass is 9.93. The predicted octanol–water partition coefficient (Wildman–Crippen LogP) is 0.217. The number of carbonyl (C=O) groups excluding carboxylic acids is 11. The van der Waals surface area contributed by atoms with Crippen LogP contribution in [-0.2, 0) is 95.1 Å². The molecule has 5 heterocycles. The maximum absolute atomic E-state index is 14.5. The molecule has 15 atom stereocenters. The Morgan fingerprint density at radius 1 is 0.494 bits per heavy atom. The number of methoxy groups -OCH3 is 1. The number of rotatable bonds is 22. The maximum atomic E-state index is 14.5. The summed E-state index contributed by atoms with van der Waals surface area (Å²) in [5.41, 5.74) is -0.520. The summed E-state index contributed by atoms with van der Waals surface area (Å²) in [5, 5.41) is 23.9. The Morgan fingerprint density at radius 3 is 1.25 bits per heavy atom. The van der Waals surface area contributed by atoms with E-state index in [1.54, 1.807) is 0 Å². The Labute approximate surface area is 462 Å². The molecule has 440 valence electrons. The zero-order valence-corrected chi connectivity index (χ0v) is 45.0. The number of fused-ring (bicyclic) bond motifs is 2. The average Bonchev–Trinajstić information content (AvgIpc) is 2.99. The molecule has 3 saturated heterocycles. The third-order valence-corrected chi connectivity index (χ3v) is 13.5. The van der Waals surface area contributed by atoms with Crippen LogP contribution in [0.15, 0.2) is 48.5 Å². The third-order valence-electron chi connectivity index (χ3n) is 13.5. The molecule has 0 bridgehead atoms. The molecule has 0 unspecified atom stereocenters. The number of esters is 7. The Bertz CT molecular complexity index is 2660. The first-order valence-corrected chi connectivity index (χ1v) is 25.7. The maximum Gasteiger partial charge on any atom is 0.305 e. The quantitative estimate of drug-likeness (QED) is 0.0689. The predicted molar refractivity (Wildman–Crippen MR) is 262 cm³/mol. The summed E-state index contributed by atoms with van der Waals surface area (Å²) in [7, 11) is 1.24. The zero-order chi connectivity index (χ0) is 59.0. The van der Waals surface area contributed by atoms with Crippen molar-refractivity contribution in [2.45, 2.75) is 159 Å². The molecule has 5 aliphatic heterocycles. The van der Waals surface area contributed by atoms with Crippen molar-refractivity contribution in [2.24, 2.45) is 0 Å². The van der Waals surface area contributed by atoms with Gasteiger partial charge in [0.15, 0.2) is 43.3 Å². The third kappa shape index (κ3) is 13.9. The lowest BCUT2D eigenvalue weighted by molar-refractivity contribution is -0.378. The molecule has 0 aromatic heterocycles. The molecule has 3 fully saturated rings. The summed E-state index contributed by atoms with van der Waals surface area (Å²) < 4.78 is 76.6. The normalized spacial score (nSPS) is 29.7. The minimum absolute atomic E-state index is 0.0773. The highest BCUT2D eigenvalue weighted by Crippen LogP contribution is 2.41. The van der Waals surface area contributed by atoms with E-state index in [1.165, 1.54) is 55.6 Å². The minimum Gasteiger partial charge on any atom is -0.469 e. The first-order chi connectivity index (χ1) is 38.6. The molecular weight excluding hydrogens is 1080 g/mol. The number of ether oxygens (including phenoxy) is 13. The topological polar surface area (TPSA) is 355 Å². The molecule has 0 radical (unpaired) electrons. The van der Waals surface area contributed by atoms with Crippen LogP contribution < -0.4 is 0 Å². The van der Waals surface area contributed by atoms with Crippen LogP contribution >= 0.6 is 0 Å². The second-order valence-electron chi connectivity index (χ2n) is 19.2. The number of unbranched alkanes of at least 4 members (excludes halogenated alkanes) is 2. The van der Waals surface area contributed by atoms with Gasteiger partial charge in [0.2, 0.25) is 0 Å². The van der Waals surface area contributed by atoms with Gasteiger partial charge in [0.25, 0.3) is 23.6 Å². The van der Waals surface area contributed by atoms with Crippen LogP contribution in [0.1, 0.15) is 109 Å². The van der Waals surface area contributed by atoms with E-state index in [0.29, 0.717) is 22.6 Å². The Morgan fingerprint density at radius 2 is 0.877 bits per heavy atom. The van der Waals surface area contributed by atoms with Gasteiger partial charge in [-0.05, 0) is 37.1 Å². The van der Waals surface area contributed by atoms with E-state index < -0.39 is 177 Å². The van der Waals surface area contributed by atoms with Crippen LogP contribution in [0.25, 0.3) is 0 Å². The number of benzene rings is 2. The van der Waals surface area contributed by atoms with Crippen molar-refractivity contribution in [3.8, 4) is 0 Å². The monoisotopic (exact) mass is 1140 g/mol. The first-order valence-electron chi connectivity index (χ1n) is 25.7. The van der Waals surface area contributed by atoms with Gasteiger partial charge >= 0.3 is 41.8 Å². The lowest BCUT2D eigenvalue weighted by Crippen LogP contribution is -2.71. The van der Waals surface area contributed by atoms with Crippen molar-refractivity contribution in [1.82, 2.24) is 9.80 Å². The molecule has 28 heteroatoms. The number of carbonyl (C=O) groups is 11. The molecule has 0 saturated carbocycles. The fourth-order valence-corrected chi connectivity index (χ4v) is 10.2. The second-order valence-corrected chi connectivity index (χ2v) is 19.2. The summed E-state index contributed by atoms with van der Waals surface area (Å²) in [6.45, 7) is 3.24. The van der Waals surface area contributed by atoms with Crippen molar-refractivity contribution in [3.05, 3.63) is 70.8 Å². The van der Waals surface area contributed by atoms with Gasteiger partial charge in [0.05, 0.1) is 36.0 Å². The fraction of sp³-hybridized carbons (Fsp3) is 0.566. The Kier molecular flexibility index (Phi) is 20.4. The molecular formula is C53H62N2O26. The van der Waals surface area contributed by atoms with Gasteiger partial charge in [-0.25, -0.2) is 0 Å². The molecule has 2 N–H and O–H groups in total. The second kappa shape index (κ2) is 27.0. The number of hydrogen-bond acceptors (Lipinski definition) is 26. The van der Waals surface area contributed by atoms with E-state index in [9.17, 15) is 63.0 Å². The largest absolute Gasteiger partial charge is 0.469 e. The highest BCUT2D eigenvalue weighted by molar-refractivity contribution is 6.22. The van der Waals surface area contributed by atoms with E-state index in [1.807, 2.05) is 0 Å². The van der Waals surface area contributed by atoms with Gasteiger partial charge in [-0.1, -0.05) is 30.7 Å². The summed E-state index contributed by atoms with van der Waals surface area (Å²) >= 11 is 0. The standard InChI is InChI=1S/C53H62N2O26/c1-24(57)71-22-35-42(73-26(3)59)44(75-28(5)61)38(54-47(65)30-15-10-11-16-31(30)48(54)66)51(78-35)80-41-34(21-56)77-53(70-20-14-8-9-19-37(63)69-7)40(64)46(41)81-52-39(55-49(67)32-17-12-13-18-33(32)50(55)68)45(76-29(6)62)43(74-27(4)60)36(79-52)23-72-25(2)58/h10-13,15-18,34-36,38-46,51-53,56,64H,8-9,14,19-23H2,1-7H3/t34-,35-,36-,38+,39+,40-,41+,42-,43-,44-,45-,46-,51+,52+,53+/m1/s1. The van der Waals surface area contributed by atoms with Gasteiger partial charge < -0.3 is 71.8 Å². The highest BCUT2D eigenvalue weighted by atomic mass is 16.8. The van der Waals surface area contributed by atoms with E-state index in [4.69, 9.17) is 61.6 Å². The molecule has 7 rings (SSSR count). The number of nitrogens with zero attached hydrogens (tertiary/aromatic N) is 2. The summed E-state index contributed by atoms with van der Waals surface area (Å²) in [5.74, 6) is -10.2. The van der Waals surface area contributed by atoms with Crippen LogP contribution in [0.4, 0.5) is 0 Å². The molecule has 5 aliphatic rings. The van der Waals surface area contributed by atoms with Crippen LogP contribution in [0.3, 0.4) is 0 Å². The van der Waals surface area contributed by atoms with Crippen molar-refractivity contribution in [3.63, 3.8) is 0 Å². The van der Waals surface area contributed by atoms with Crippen molar-refractivity contribution in [1.29, 1.82) is 0 Å². The SMILES string of the molecule is COC(=O)CCCCCO[C@H]1O[C@H](CO)[C@H](O[C@@H]2O[C@H](COC(C)=O)[C@@H](OC(C)=O)[C@H](OC(C)=O)[C@@H]2N2C(=O)c3ccccc3C2=O)[C@H](O[C@@H]2O[C@H](COC(C)=O)[C@@H](OC(C)=O)[C@H](OC(C)=O)[C@@H]2N2C(=O)c3ccccc3C2=O)[C@H]1O. The van der Waals surface area contributed by atoms with Gasteiger partial charge in [-0.2, -0.15) is 0 Å². The molecule has 2 aromatic rings. The molecule has 2 aromatic carbocycles. The van der Waals surface area contributed by atoms with Crippen LogP contribution in [0.2, 0.25) is 0 Å². The highest BCUT2D eigenvalue weighted by Gasteiger charge is 2.62. The number of amides is 4. The van der Waals surface area contributed by atoms with E-state index in [2.05, 4.69) is 0 Å². The van der Waals surface area contributed by atoms with Gasteiger partial charge in [0, 0.05) is 54.6 Å². The Balaban J connectivity index is 1.39. The van der Waals surface area contributed by atoms with E-state index in [-0.39, 0.29) is 41.7 Å². The van der Waals surface area contributed by atoms with Gasteiger partial charge in [0.1, 0.15) is 61.9 Å². The van der Waals surface area contributed by atoms with Crippen LogP contribution in [0, 0.1) is 0 Å². The molecule has 28 nitrogen and oxygen atoms in total. The van der Waals surface area contributed by atoms with E-state index in [0.717, 1.165) is 41.5 Å². The molecule has 0 spiro atoms. The van der Waals surface area contributed by atoms with Crippen molar-refractivity contribution < 1.29 is 125 Å². The van der Waals surface area contributed by atoms with Gasteiger partial charge in [-0.15, -0.1) is 0 Å². The molecule has 81 heavy (non-hydrogen) atoms. The van der Waals surface area contributed by atoms with Crippen molar-refractivity contribution >= 4 is 65.4 Å². The summed E-state index contributed by atoms with van der Waals surface area (Å²) in [6.07, 6.45) is -23.7. The van der Waals surface area contributed by atoms with Crippen molar-refractivity contribution in [2.75, 3.05) is 33.5 Å². The number of hydrogen-bond donors (Lipinski definition) is 2. The Hall–Kier alpha value is -7.31. The minimum atomic E-state index is -2.18. The summed E-state index contributed by atoms with van der Waals surface area (Å²) in [4.78, 5) is 148. The molecule has 4 amide bonds. The van der Waals surface area contributed by atoms with Crippen LogP contribution in [-0.4, -0.2) is 211 Å². The number of aliphatic hydroxyl groups is 2. The average molecular weight is 1140 g/mol. The fourth-order valence-electron chi connectivity index (χ4n) is 10.2. The number of imide groups is 2. The summed E-state index contributed by atoms with van der Waals surface area (Å²) in [6, 6.07) is 7.20. The first kappa shape index (κ1) is 61.3. The molecule has 0 aliphatic carbocycles.